The van der Waals surface area contributed by atoms with E-state index in [1.54, 1.807) is 36.4 Å². The van der Waals surface area contributed by atoms with Crippen LogP contribution < -0.4 is 29.7 Å². The molecule has 2 amide bonds. The maximum absolute atomic E-state index is 11.8. The molecule has 0 bridgehead atoms. The van der Waals surface area contributed by atoms with E-state index >= 15 is 0 Å². The van der Waals surface area contributed by atoms with Gasteiger partial charge in [-0.25, -0.2) is 5.43 Å². The molecule has 2 aromatic rings. The van der Waals surface area contributed by atoms with Crippen LogP contribution in [0.25, 0.3) is 0 Å². The molecule has 0 saturated carbocycles. The van der Waals surface area contributed by atoms with E-state index in [0.717, 1.165) is 0 Å². The van der Waals surface area contributed by atoms with Crippen molar-refractivity contribution in [2.24, 2.45) is 5.10 Å². The normalized spacial score (nSPS) is 10.4. The number of carbonyl (C=O) groups excluding carboxylic acids is 2. The second kappa shape index (κ2) is 11.5. The molecular weight excluding hydrogens is 414 g/mol. The largest absolute Gasteiger partial charge is 0.493 e. The summed E-state index contributed by atoms with van der Waals surface area (Å²) in [5.41, 5.74) is 2.93. The average molecular weight is 436 g/mol. The van der Waals surface area contributed by atoms with Crippen LogP contribution >= 0.6 is 11.6 Å². The lowest BCUT2D eigenvalue weighted by molar-refractivity contribution is -0.127. The van der Waals surface area contributed by atoms with Crippen molar-refractivity contribution in [3.8, 4) is 23.0 Å². The SMILES string of the molecule is COc1cc(/C=N/NC(=O)CNC(=O)COc2ccc(Cl)cc2)cc(OC)c1OC. The van der Waals surface area contributed by atoms with Crippen LogP contribution in [0.3, 0.4) is 0 Å². The number of methoxy groups -OCH3 is 3. The third-order valence-corrected chi connectivity index (χ3v) is 3.97. The lowest BCUT2D eigenvalue weighted by Gasteiger charge is -2.12. The molecule has 0 radical (unpaired) electrons. The predicted molar refractivity (Wildman–Crippen MR) is 112 cm³/mol. The Hall–Kier alpha value is -3.46. The average Bonchev–Trinajstić information content (AvgIpc) is 2.76. The molecule has 0 aromatic heterocycles. The van der Waals surface area contributed by atoms with Gasteiger partial charge in [-0.1, -0.05) is 11.6 Å². The number of benzene rings is 2. The van der Waals surface area contributed by atoms with Gasteiger partial charge in [0.05, 0.1) is 34.1 Å². The van der Waals surface area contributed by atoms with Gasteiger partial charge in [0.2, 0.25) is 5.75 Å². The highest BCUT2D eigenvalue weighted by atomic mass is 35.5. The number of hydrazone groups is 1. The number of nitrogens with one attached hydrogen (secondary N) is 2. The number of rotatable bonds is 10. The number of nitrogens with zero attached hydrogens (tertiary/aromatic N) is 1. The van der Waals surface area contributed by atoms with Gasteiger partial charge >= 0.3 is 0 Å². The van der Waals surface area contributed by atoms with E-state index in [9.17, 15) is 9.59 Å². The first-order chi connectivity index (χ1) is 14.5. The van der Waals surface area contributed by atoms with Crippen molar-refractivity contribution in [1.29, 1.82) is 0 Å². The van der Waals surface area contributed by atoms with Crippen LogP contribution in [-0.4, -0.2) is 52.5 Å². The van der Waals surface area contributed by atoms with Crippen molar-refractivity contribution in [2.75, 3.05) is 34.5 Å². The molecule has 0 unspecified atom stereocenters. The van der Waals surface area contributed by atoms with Crippen LogP contribution in [-0.2, 0) is 9.59 Å². The van der Waals surface area contributed by atoms with Crippen LogP contribution in [0.1, 0.15) is 5.56 Å². The molecule has 0 spiro atoms. The van der Waals surface area contributed by atoms with Crippen LogP contribution in [0.2, 0.25) is 5.02 Å². The van der Waals surface area contributed by atoms with Gasteiger partial charge in [0.15, 0.2) is 18.1 Å². The zero-order chi connectivity index (χ0) is 21.9. The molecule has 0 aliphatic rings. The summed E-state index contributed by atoms with van der Waals surface area (Å²) in [5, 5.41) is 6.85. The Balaban J connectivity index is 1.80. The van der Waals surface area contributed by atoms with Gasteiger partial charge in [0.25, 0.3) is 11.8 Å². The first-order valence-electron chi connectivity index (χ1n) is 8.73. The summed E-state index contributed by atoms with van der Waals surface area (Å²) in [5.74, 6) is 0.904. The summed E-state index contributed by atoms with van der Waals surface area (Å²) in [6.07, 6.45) is 1.41. The Labute approximate surface area is 178 Å². The Morgan fingerprint density at radius 3 is 2.20 bits per heavy atom. The number of ether oxygens (including phenoxy) is 4. The molecule has 0 aliphatic heterocycles. The summed E-state index contributed by atoms with van der Waals surface area (Å²) in [7, 11) is 4.50. The number of hydrogen-bond acceptors (Lipinski definition) is 7. The van der Waals surface area contributed by atoms with E-state index in [-0.39, 0.29) is 13.2 Å². The van der Waals surface area contributed by atoms with Crippen molar-refractivity contribution in [3.05, 3.63) is 47.0 Å². The minimum Gasteiger partial charge on any atom is -0.493 e. The van der Waals surface area contributed by atoms with Gasteiger partial charge in [-0.05, 0) is 36.4 Å². The Morgan fingerprint density at radius 2 is 1.63 bits per heavy atom. The monoisotopic (exact) mass is 435 g/mol. The standard InChI is InChI=1S/C20H22ClN3O6/c1-27-16-8-13(9-17(28-2)20(16)29-3)10-23-24-18(25)11-22-19(26)12-30-15-6-4-14(21)5-7-15/h4-10H,11-12H2,1-3H3,(H,22,26)(H,24,25)/b23-10+. The van der Waals surface area contributed by atoms with Crippen LogP contribution in [0.4, 0.5) is 0 Å². The first-order valence-corrected chi connectivity index (χ1v) is 9.11. The molecule has 2 aromatic carbocycles. The van der Waals surface area contributed by atoms with Crippen molar-refractivity contribution in [1.82, 2.24) is 10.7 Å². The molecule has 2 N–H and O–H groups in total. The third kappa shape index (κ3) is 6.85. The van der Waals surface area contributed by atoms with Gasteiger partial charge in [-0.3, -0.25) is 9.59 Å². The Kier molecular flexibility index (Phi) is 8.76. The van der Waals surface area contributed by atoms with Crippen LogP contribution in [0.5, 0.6) is 23.0 Å². The minimum atomic E-state index is -0.501. The molecule has 0 atom stereocenters. The molecule has 9 nitrogen and oxygen atoms in total. The topological polar surface area (TPSA) is 107 Å². The molecule has 30 heavy (non-hydrogen) atoms. The van der Waals surface area contributed by atoms with Crippen molar-refractivity contribution in [3.63, 3.8) is 0 Å². The van der Waals surface area contributed by atoms with Crippen molar-refractivity contribution < 1.29 is 28.5 Å². The molecule has 0 heterocycles. The summed E-state index contributed by atoms with van der Waals surface area (Å²) in [6.45, 7) is -0.487. The molecule has 160 valence electrons. The van der Waals surface area contributed by atoms with Gasteiger partial charge in [0, 0.05) is 10.6 Å². The number of amides is 2. The highest BCUT2D eigenvalue weighted by Crippen LogP contribution is 2.37. The van der Waals surface area contributed by atoms with E-state index in [1.165, 1.54) is 27.5 Å². The van der Waals surface area contributed by atoms with E-state index in [4.69, 9.17) is 30.5 Å². The number of hydrogen-bond donors (Lipinski definition) is 2. The maximum atomic E-state index is 11.8. The fourth-order valence-corrected chi connectivity index (χ4v) is 2.43. The van der Waals surface area contributed by atoms with Gasteiger partial charge in [0.1, 0.15) is 5.75 Å². The molecule has 10 heteroatoms. The summed E-state index contributed by atoms with van der Waals surface area (Å²) in [4.78, 5) is 23.6. The fraction of sp³-hybridized carbons (Fsp3) is 0.250. The van der Waals surface area contributed by atoms with Crippen molar-refractivity contribution in [2.45, 2.75) is 0 Å². The van der Waals surface area contributed by atoms with Gasteiger partial charge in [-0.15, -0.1) is 0 Å². The zero-order valence-corrected chi connectivity index (χ0v) is 17.5. The summed E-state index contributed by atoms with van der Waals surface area (Å²) < 4.78 is 21.0. The molecule has 0 aliphatic carbocycles. The van der Waals surface area contributed by atoms with Crippen LogP contribution in [0.15, 0.2) is 41.5 Å². The third-order valence-electron chi connectivity index (χ3n) is 3.72. The highest BCUT2D eigenvalue weighted by molar-refractivity contribution is 6.30. The summed E-state index contributed by atoms with van der Waals surface area (Å²) in [6, 6.07) is 9.92. The maximum Gasteiger partial charge on any atom is 0.259 e. The quantitative estimate of drug-likeness (QED) is 0.436. The number of halogens is 1. The zero-order valence-electron chi connectivity index (χ0n) is 16.7. The van der Waals surface area contributed by atoms with E-state index < -0.39 is 11.8 Å². The molecule has 0 saturated heterocycles. The van der Waals surface area contributed by atoms with E-state index in [1.807, 2.05) is 0 Å². The molecule has 2 rings (SSSR count). The number of carbonyl (C=O) groups is 2. The van der Waals surface area contributed by atoms with Crippen LogP contribution in [0, 0.1) is 0 Å². The lowest BCUT2D eigenvalue weighted by atomic mass is 10.2. The highest BCUT2D eigenvalue weighted by Gasteiger charge is 2.12. The minimum absolute atomic E-state index is 0.233. The molecular formula is C20H22ClN3O6. The fourth-order valence-electron chi connectivity index (χ4n) is 2.30. The van der Waals surface area contributed by atoms with Gasteiger partial charge in [-0.2, -0.15) is 5.10 Å². The van der Waals surface area contributed by atoms with Gasteiger partial charge < -0.3 is 24.3 Å². The lowest BCUT2D eigenvalue weighted by Crippen LogP contribution is -2.37. The van der Waals surface area contributed by atoms with Crippen molar-refractivity contribution >= 4 is 29.6 Å². The Morgan fingerprint density at radius 1 is 1.00 bits per heavy atom. The van der Waals surface area contributed by atoms with E-state index in [2.05, 4.69) is 15.8 Å². The first kappa shape index (κ1) is 22.8. The smallest absolute Gasteiger partial charge is 0.259 e. The second-order valence-electron chi connectivity index (χ2n) is 5.77. The van der Waals surface area contributed by atoms with E-state index in [0.29, 0.717) is 33.6 Å². The summed E-state index contributed by atoms with van der Waals surface area (Å²) >= 11 is 5.77. The second-order valence-corrected chi connectivity index (χ2v) is 6.21. The molecule has 0 fully saturated rings. The predicted octanol–water partition coefficient (Wildman–Crippen LogP) is 2.01. The Bertz CT molecular complexity index is 877.